The summed E-state index contributed by atoms with van der Waals surface area (Å²) >= 11 is 2.01. The monoisotopic (exact) mass is 331 g/mol. The quantitative estimate of drug-likeness (QED) is 0.747. The summed E-state index contributed by atoms with van der Waals surface area (Å²) in [6.45, 7) is 9.32. The predicted molar refractivity (Wildman–Crippen MR) is 97.7 cm³/mol. The van der Waals surface area contributed by atoms with Gasteiger partial charge in [-0.3, -0.25) is 9.58 Å². The molecular weight excluding hydrogens is 302 g/mol. The van der Waals surface area contributed by atoms with Gasteiger partial charge in [-0.1, -0.05) is 13.8 Å². The molecule has 0 bridgehead atoms. The van der Waals surface area contributed by atoms with Crippen LogP contribution in [0.2, 0.25) is 0 Å². The molecule has 0 saturated carbocycles. The third kappa shape index (κ3) is 5.18. The molecule has 0 spiro atoms. The third-order valence-electron chi connectivity index (χ3n) is 4.74. The maximum atomic E-state index is 4.30. The molecule has 0 N–H and O–H groups in total. The van der Waals surface area contributed by atoms with Crippen LogP contribution in [-0.2, 0) is 19.5 Å². The second-order valence-electron chi connectivity index (χ2n) is 7.24. The number of thiophene rings is 1. The summed E-state index contributed by atoms with van der Waals surface area (Å²) in [6.07, 6.45) is 9.11. The van der Waals surface area contributed by atoms with Gasteiger partial charge in [0.25, 0.3) is 0 Å². The minimum atomic E-state index is 0.757. The zero-order valence-corrected chi connectivity index (χ0v) is 15.3. The molecule has 1 saturated heterocycles. The van der Waals surface area contributed by atoms with Crippen LogP contribution in [0, 0.1) is 11.8 Å². The van der Waals surface area contributed by atoms with E-state index in [9.17, 15) is 0 Å². The number of hydrogen-bond acceptors (Lipinski definition) is 3. The van der Waals surface area contributed by atoms with Gasteiger partial charge in [-0.15, -0.1) is 11.3 Å². The summed E-state index contributed by atoms with van der Waals surface area (Å²) in [6, 6.07) is 6.68. The SMILES string of the molecule is CC(C)Cc1ccc(CN2CCC(CCn3cccn3)CC2)s1. The zero-order chi connectivity index (χ0) is 16.1. The number of hydrogen-bond donors (Lipinski definition) is 0. The molecule has 0 aliphatic carbocycles. The van der Waals surface area contributed by atoms with Gasteiger partial charge in [-0.25, -0.2) is 0 Å². The fraction of sp³-hybridized carbons (Fsp3) is 0.632. The van der Waals surface area contributed by atoms with Gasteiger partial charge in [-0.05, 0) is 68.8 Å². The smallest absolute Gasteiger partial charge is 0.0489 e. The average Bonchev–Trinajstić information content (AvgIpc) is 3.18. The van der Waals surface area contributed by atoms with E-state index in [1.54, 1.807) is 4.88 Å². The number of aryl methyl sites for hydroxylation is 1. The summed E-state index contributed by atoms with van der Waals surface area (Å²) < 4.78 is 2.06. The second-order valence-corrected chi connectivity index (χ2v) is 8.50. The van der Waals surface area contributed by atoms with Crippen molar-refractivity contribution in [3.63, 3.8) is 0 Å². The topological polar surface area (TPSA) is 21.1 Å². The fourth-order valence-electron chi connectivity index (χ4n) is 3.42. The van der Waals surface area contributed by atoms with Crippen molar-refractivity contribution in [1.82, 2.24) is 14.7 Å². The number of piperidine rings is 1. The van der Waals surface area contributed by atoms with Crippen LogP contribution in [0.15, 0.2) is 30.6 Å². The van der Waals surface area contributed by atoms with Gasteiger partial charge < -0.3 is 0 Å². The zero-order valence-electron chi connectivity index (χ0n) is 14.4. The highest BCUT2D eigenvalue weighted by Crippen LogP contribution is 2.25. The van der Waals surface area contributed by atoms with Crippen molar-refractivity contribution in [2.24, 2.45) is 11.8 Å². The lowest BCUT2D eigenvalue weighted by Crippen LogP contribution is -2.33. The molecule has 1 aliphatic heterocycles. The Bertz CT molecular complexity index is 565. The van der Waals surface area contributed by atoms with Gasteiger partial charge in [0.15, 0.2) is 0 Å². The van der Waals surface area contributed by atoms with E-state index >= 15 is 0 Å². The van der Waals surface area contributed by atoms with Gasteiger partial charge in [0.05, 0.1) is 0 Å². The summed E-state index contributed by atoms with van der Waals surface area (Å²) in [4.78, 5) is 5.72. The molecule has 0 aromatic carbocycles. The largest absolute Gasteiger partial charge is 0.298 e. The summed E-state index contributed by atoms with van der Waals surface area (Å²) in [7, 11) is 0. The van der Waals surface area contributed by atoms with E-state index in [0.717, 1.165) is 24.9 Å². The van der Waals surface area contributed by atoms with Crippen LogP contribution >= 0.6 is 11.3 Å². The second kappa shape index (κ2) is 8.11. The lowest BCUT2D eigenvalue weighted by molar-refractivity contribution is 0.169. The number of nitrogens with zero attached hydrogens (tertiary/aromatic N) is 3. The van der Waals surface area contributed by atoms with Crippen molar-refractivity contribution >= 4 is 11.3 Å². The number of rotatable bonds is 7. The van der Waals surface area contributed by atoms with E-state index in [1.807, 2.05) is 23.6 Å². The average molecular weight is 332 g/mol. The summed E-state index contributed by atoms with van der Waals surface area (Å²) in [5.41, 5.74) is 0. The minimum absolute atomic E-state index is 0.757. The highest BCUT2D eigenvalue weighted by atomic mass is 32.1. The van der Waals surface area contributed by atoms with Gasteiger partial charge in [0, 0.05) is 35.2 Å². The Morgan fingerprint density at radius 2 is 2.00 bits per heavy atom. The molecule has 0 radical (unpaired) electrons. The van der Waals surface area contributed by atoms with Crippen molar-refractivity contribution in [3.8, 4) is 0 Å². The standard InChI is InChI=1S/C19H29N3S/c1-16(2)14-18-4-5-19(23-18)15-21-11-6-17(7-12-21)8-13-22-10-3-9-20-22/h3-5,9-10,16-17H,6-8,11-15H2,1-2H3. The fourth-order valence-corrected chi connectivity index (χ4v) is 4.69. The Morgan fingerprint density at radius 3 is 2.70 bits per heavy atom. The van der Waals surface area contributed by atoms with Crippen molar-refractivity contribution < 1.29 is 0 Å². The maximum Gasteiger partial charge on any atom is 0.0489 e. The van der Waals surface area contributed by atoms with Crippen molar-refractivity contribution in [3.05, 3.63) is 40.3 Å². The molecule has 3 heterocycles. The van der Waals surface area contributed by atoms with Gasteiger partial charge in [-0.2, -0.15) is 5.10 Å². The molecule has 4 heteroatoms. The summed E-state index contributed by atoms with van der Waals surface area (Å²) in [5.74, 6) is 1.63. The first-order valence-electron chi connectivity index (χ1n) is 8.96. The molecule has 3 rings (SSSR count). The molecule has 126 valence electrons. The van der Waals surface area contributed by atoms with Gasteiger partial charge in [0.1, 0.15) is 0 Å². The first-order valence-corrected chi connectivity index (χ1v) is 9.78. The first-order chi connectivity index (χ1) is 11.2. The Kier molecular flexibility index (Phi) is 5.90. The normalized spacial score (nSPS) is 17.2. The third-order valence-corrected chi connectivity index (χ3v) is 5.83. The molecular formula is C19H29N3S. The van der Waals surface area contributed by atoms with Crippen LogP contribution in [0.5, 0.6) is 0 Å². The summed E-state index contributed by atoms with van der Waals surface area (Å²) in [5, 5.41) is 4.30. The van der Waals surface area contributed by atoms with Crippen LogP contribution in [0.25, 0.3) is 0 Å². The highest BCUT2D eigenvalue weighted by molar-refractivity contribution is 7.11. The Labute approximate surface area is 144 Å². The van der Waals surface area contributed by atoms with Crippen LogP contribution < -0.4 is 0 Å². The maximum absolute atomic E-state index is 4.30. The minimum Gasteiger partial charge on any atom is -0.298 e. The van der Waals surface area contributed by atoms with Crippen molar-refractivity contribution in [1.29, 1.82) is 0 Å². The highest BCUT2D eigenvalue weighted by Gasteiger charge is 2.19. The molecule has 23 heavy (non-hydrogen) atoms. The molecule has 0 unspecified atom stereocenters. The predicted octanol–water partition coefficient (Wildman–Crippen LogP) is 4.45. The Balaban J connectivity index is 1.39. The molecule has 1 aliphatic rings. The van der Waals surface area contributed by atoms with Crippen molar-refractivity contribution in [2.75, 3.05) is 13.1 Å². The van der Waals surface area contributed by atoms with Crippen LogP contribution in [-0.4, -0.2) is 27.8 Å². The molecule has 2 aromatic rings. The van der Waals surface area contributed by atoms with Gasteiger partial charge >= 0.3 is 0 Å². The lowest BCUT2D eigenvalue weighted by Gasteiger charge is -2.31. The van der Waals surface area contributed by atoms with Crippen molar-refractivity contribution in [2.45, 2.75) is 52.6 Å². The molecule has 2 aromatic heterocycles. The Hall–Kier alpha value is -1.13. The number of likely N-dealkylation sites (tertiary alicyclic amines) is 1. The van der Waals surface area contributed by atoms with E-state index in [-0.39, 0.29) is 0 Å². The molecule has 0 amide bonds. The Morgan fingerprint density at radius 1 is 1.22 bits per heavy atom. The number of aromatic nitrogens is 2. The molecule has 3 nitrogen and oxygen atoms in total. The van der Waals surface area contributed by atoms with E-state index in [4.69, 9.17) is 0 Å². The van der Waals surface area contributed by atoms with E-state index in [2.05, 4.69) is 46.9 Å². The van der Waals surface area contributed by atoms with Crippen LogP contribution in [0.1, 0.15) is 42.9 Å². The van der Waals surface area contributed by atoms with Crippen LogP contribution in [0.3, 0.4) is 0 Å². The van der Waals surface area contributed by atoms with E-state index in [1.165, 1.54) is 43.6 Å². The lowest BCUT2D eigenvalue weighted by atomic mass is 9.93. The van der Waals surface area contributed by atoms with Gasteiger partial charge in [0.2, 0.25) is 0 Å². The van der Waals surface area contributed by atoms with Crippen LogP contribution in [0.4, 0.5) is 0 Å². The van der Waals surface area contributed by atoms with E-state index in [0.29, 0.717) is 0 Å². The molecule has 1 fully saturated rings. The molecule has 0 atom stereocenters. The first kappa shape index (κ1) is 16.7. The van der Waals surface area contributed by atoms with E-state index < -0.39 is 0 Å².